The number of aromatic nitrogens is 2. The third-order valence-corrected chi connectivity index (χ3v) is 2.87. The fourth-order valence-electron chi connectivity index (χ4n) is 1.77. The van der Waals surface area contributed by atoms with Gasteiger partial charge in [-0.05, 0) is 17.1 Å². The van der Waals surface area contributed by atoms with E-state index in [1.807, 2.05) is 0 Å². The van der Waals surface area contributed by atoms with E-state index in [4.69, 9.17) is 0 Å². The van der Waals surface area contributed by atoms with E-state index in [1.165, 1.54) is 0 Å². The van der Waals surface area contributed by atoms with Crippen molar-refractivity contribution in [3.8, 4) is 0 Å². The number of aryl methyl sites for hydroxylation is 1. The summed E-state index contributed by atoms with van der Waals surface area (Å²) in [6.45, 7) is 1.22. The van der Waals surface area contributed by atoms with Crippen LogP contribution in [-0.4, -0.2) is 26.3 Å². The van der Waals surface area contributed by atoms with Crippen LogP contribution >= 0.6 is 0 Å². The van der Waals surface area contributed by atoms with Crippen molar-refractivity contribution in [2.75, 3.05) is 0 Å². The fraction of sp³-hybridized carbons (Fsp3) is 0.154. The second-order valence-electron chi connectivity index (χ2n) is 4.38. The molecule has 0 spiro atoms. The Morgan fingerprint density at radius 1 is 1.27 bits per heavy atom. The molecule has 2 amide bonds. The summed E-state index contributed by atoms with van der Waals surface area (Å²) in [4.78, 5) is 37.5. The SMILES string of the molecule is Cc1ncc([N+](=O)[O-])n1CC(=O)NNC(=O)c1ccccc1. The molecule has 9 heteroatoms. The largest absolute Gasteiger partial charge is 0.358 e. The van der Waals surface area contributed by atoms with Crippen molar-refractivity contribution in [3.05, 3.63) is 58.0 Å². The molecule has 0 aliphatic heterocycles. The number of imidazole rings is 1. The number of benzene rings is 1. The molecule has 2 N–H and O–H groups in total. The van der Waals surface area contributed by atoms with Crippen LogP contribution in [0.5, 0.6) is 0 Å². The van der Waals surface area contributed by atoms with E-state index in [2.05, 4.69) is 15.8 Å². The van der Waals surface area contributed by atoms with Crippen LogP contribution in [0.25, 0.3) is 0 Å². The normalized spacial score (nSPS) is 10.0. The Kier molecular flexibility index (Phi) is 4.47. The molecular formula is C13H13N5O4. The van der Waals surface area contributed by atoms with Gasteiger partial charge in [0.25, 0.3) is 11.8 Å². The minimum atomic E-state index is -0.629. The third-order valence-electron chi connectivity index (χ3n) is 2.87. The van der Waals surface area contributed by atoms with Crippen LogP contribution in [0.4, 0.5) is 5.82 Å². The topological polar surface area (TPSA) is 119 Å². The molecule has 2 aromatic rings. The molecule has 0 aliphatic carbocycles. The Bertz CT molecular complexity index is 710. The zero-order valence-corrected chi connectivity index (χ0v) is 11.6. The lowest BCUT2D eigenvalue weighted by molar-refractivity contribution is -0.392. The van der Waals surface area contributed by atoms with Crippen LogP contribution in [0.2, 0.25) is 0 Å². The molecule has 0 fully saturated rings. The van der Waals surface area contributed by atoms with Gasteiger partial charge in [-0.15, -0.1) is 0 Å². The van der Waals surface area contributed by atoms with Gasteiger partial charge < -0.3 is 10.1 Å². The molecule has 0 atom stereocenters. The average molecular weight is 303 g/mol. The van der Waals surface area contributed by atoms with Crippen molar-refractivity contribution in [3.63, 3.8) is 0 Å². The van der Waals surface area contributed by atoms with Gasteiger partial charge in [-0.1, -0.05) is 18.2 Å². The first-order valence-corrected chi connectivity index (χ1v) is 6.30. The Morgan fingerprint density at radius 2 is 1.95 bits per heavy atom. The van der Waals surface area contributed by atoms with Gasteiger partial charge in [0.1, 0.15) is 6.20 Å². The molecule has 0 saturated carbocycles. The molecule has 0 unspecified atom stereocenters. The van der Waals surface area contributed by atoms with E-state index in [1.54, 1.807) is 37.3 Å². The van der Waals surface area contributed by atoms with Crippen LogP contribution in [-0.2, 0) is 11.3 Å². The summed E-state index contributed by atoms with van der Waals surface area (Å²) in [5, 5.41) is 10.8. The van der Waals surface area contributed by atoms with Crippen LogP contribution in [0.15, 0.2) is 36.5 Å². The molecule has 0 radical (unpaired) electrons. The fourth-order valence-corrected chi connectivity index (χ4v) is 1.77. The second-order valence-corrected chi connectivity index (χ2v) is 4.38. The number of carbonyl (C=O) groups is 2. The van der Waals surface area contributed by atoms with E-state index >= 15 is 0 Å². The molecule has 2 rings (SSSR count). The lowest BCUT2D eigenvalue weighted by Crippen LogP contribution is -2.43. The number of hydrogen-bond donors (Lipinski definition) is 2. The lowest BCUT2D eigenvalue weighted by Gasteiger charge is -2.07. The number of carbonyl (C=O) groups excluding carboxylic acids is 2. The Balaban J connectivity index is 1.95. The zero-order chi connectivity index (χ0) is 16.1. The van der Waals surface area contributed by atoms with E-state index in [0.717, 1.165) is 10.8 Å². The van der Waals surface area contributed by atoms with Crippen molar-refractivity contribution in [2.45, 2.75) is 13.5 Å². The van der Waals surface area contributed by atoms with Crippen LogP contribution in [0.1, 0.15) is 16.2 Å². The minimum Gasteiger partial charge on any atom is -0.358 e. The highest BCUT2D eigenvalue weighted by molar-refractivity contribution is 5.95. The van der Waals surface area contributed by atoms with Crippen molar-refractivity contribution >= 4 is 17.6 Å². The highest BCUT2D eigenvalue weighted by Gasteiger charge is 2.20. The van der Waals surface area contributed by atoms with Crippen LogP contribution in [0, 0.1) is 17.0 Å². The molecule has 1 aromatic heterocycles. The number of hydrazine groups is 1. The van der Waals surface area contributed by atoms with Crippen LogP contribution < -0.4 is 10.9 Å². The number of amides is 2. The maximum Gasteiger partial charge on any atom is 0.343 e. The number of rotatable bonds is 4. The molecule has 0 aliphatic rings. The van der Waals surface area contributed by atoms with Gasteiger partial charge in [0, 0.05) is 12.5 Å². The van der Waals surface area contributed by atoms with Gasteiger partial charge in [0.05, 0.1) is 0 Å². The van der Waals surface area contributed by atoms with Crippen LogP contribution in [0.3, 0.4) is 0 Å². The highest BCUT2D eigenvalue weighted by atomic mass is 16.6. The van der Waals surface area contributed by atoms with E-state index in [0.29, 0.717) is 11.4 Å². The minimum absolute atomic E-state index is 0.290. The number of hydrogen-bond acceptors (Lipinski definition) is 5. The van der Waals surface area contributed by atoms with Gasteiger partial charge in [-0.2, -0.15) is 0 Å². The average Bonchev–Trinajstić information content (AvgIpc) is 2.87. The molecule has 22 heavy (non-hydrogen) atoms. The summed E-state index contributed by atoms with van der Waals surface area (Å²) < 4.78 is 1.14. The zero-order valence-electron chi connectivity index (χ0n) is 11.6. The first kappa shape index (κ1) is 15.2. The maximum absolute atomic E-state index is 11.8. The van der Waals surface area contributed by atoms with Crippen molar-refractivity contribution < 1.29 is 14.5 Å². The highest BCUT2D eigenvalue weighted by Crippen LogP contribution is 2.12. The Labute approximate surface area is 125 Å². The molecule has 1 aromatic carbocycles. The van der Waals surface area contributed by atoms with Gasteiger partial charge in [0.15, 0.2) is 12.4 Å². The van der Waals surface area contributed by atoms with Gasteiger partial charge in [-0.3, -0.25) is 20.4 Å². The summed E-state index contributed by atoms with van der Waals surface area (Å²) in [6.07, 6.45) is 1.07. The predicted octanol–water partition coefficient (Wildman–Crippen LogP) is 0.561. The first-order valence-electron chi connectivity index (χ1n) is 6.30. The molecule has 0 bridgehead atoms. The quantitative estimate of drug-likeness (QED) is 0.632. The lowest BCUT2D eigenvalue weighted by atomic mass is 10.2. The Morgan fingerprint density at radius 3 is 2.59 bits per heavy atom. The van der Waals surface area contributed by atoms with Gasteiger partial charge in [-0.25, -0.2) is 9.55 Å². The van der Waals surface area contributed by atoms with E-state index in [9.17, 15) is 19.7 Å². The number of nitro groups is 1. The smallest absolute Gasteiger partial charge is 0.343 e. The van der Waals surface area contributed by atoms with Gasteiger partial charge >= 0.3 is 5.82 Å². The second kappa shape index (κ2) is 6.48. The number of nitrogens with zero attached hydrogens (tertiary/aromatic N) is 3. The Hall–Kier alpha value is -3.23. The first-order chi connectivity index (χ1) is 10.5. The van der Waals surface area contributed by atoms with E-state index < -0.39 is 16.7 Å². The molecule has 0 saturated heterocycles. The standard InChI is InChI=1S/C13H13N5O4/c1-9-14-7-12(18(21)22)17(9)8-11(19)15-16-13(20)10-5-3-2-4-6-10/h2-7H,8H2,1H3,(H,15,19)(H,16,20). The van der Waals surface area contributed by atoms with Crippen molar-refractivity contribution in [1.29, 1.82) is 0 Å². The third kappa shape index (κ3) is 3.45. The van der Waals surface area contributed by atoms with Crippen molar-refractivity contribution in [2.24, 2.45) is 0 Å². The maximum atomic E-state index is 11.8. The summed E-state index contributed by atoms with van der Waals surface area (Å²) >= 11 is 0. The number of nitrogens with one attached hydrogen (secondary N) is 2. The molecule has 9 nitrogen and oxygen atoms in total. The summed E-state index contributed by atoms with van der Waals surface area (Å²) in [5.41, 5.74) is 4.82. The summed E-state index contributed by atoms with van der Waals surface area (Å²) in [6, 6.07) is 8.32. The predicted molar refractivity (Wildman–Crippen MR) is 75.7 cm³/mol. The molecular weight excluding hydrogens is 290 g/mol. The molecule has 114 valence electrons. The monoisotopic (exact) mass is 303 g/mol. The summed E-state index contributed by atoms with van der Waals surface area (Å²) in [5.74, 6) is -1.04. The van der Waals surface area contributed by atoms with E-state index in [-0.39, 0.29) is 12.4 Å². The van der Waals surface area contributed by atoms with Gasteiger partial charge in [0.2, 0.25) is 0 Å². The molecule has 1 heterocycles. The van der Waals surface area contributed by atoms with Crippen molar-refractivity contribution in [1.82, 2.24) is 20.4 Å². The summed E-state index contributed by atoms with van der Waals surface area (Å²) in [7, 11) is 0.